The van der Waals surface area contributed by atoms with Crippen LogP contribution in [-0.2, 0) is 37.4 Å². The fourth-order valence-electron chi connectivity index (χ4n) is 4.13. The minimum Gasteiger partial charge on any atom is -0.350 e. The lowest BCUT2D eigenvalue weighted by atomic mass is 10.0. The van der Waals surface area contributed by atoms with Crippen LogP contribution in [0.1, 0.15) is 42.6 Å². The molecule has 0 aliphatic carbocycles. The van der Waals surface area contributed by atoms with E-state index in [4.69, 9.17) is 0 Å². The molecule has 1 aromatic carbocycles. The van der Waals surface area contributed by atoms with Crippen LogP contribution in [-0.4, -0.2) is 38.2 Å². The number of likely N-dealkylation sites (tertiary alicyclic amines) is 1. The molecule has 1 amide bonds. The largest absolute Gasteiger partial charge is 0.350 e. The number of nitrogens with zero attached hydrogens (tertiary/aromatic N) is 4. The molecule has 0 unspecified atom stereocenters. The number of piperidine rings is 1. The lowest BCUT2D eigenvalue weighted by Crippen LogP contribution is -2.45. The van der Waals surface area contributed by atoms with Gasteiger partial charge in [-0.2, -0.15) is 5.10 Å². The van der Waals surface area contributed by atoms with E-state index >= 15 is 0 Å². The third-order valence-corrected chi connectivity index (χ3v) is 5.72. The number of amides is 1. The molecule has 1 N–H and O–H groups in total. The lowest BCUT2D eigenvalue weighted by Gasteiger charge is -2.27. The van der Waals surface area contributed by atoms with Crippen LogP contribution in [0.25, 0.3) is 0 Å². The Labute approximate surface area is 169 Å². The zero-order chi connectivity index (χ0) is 20.2. The van der Waals surface area contributed by atoms with Gasteiger partial charge in [-0.1, -0.05) is 30.7 Å². The smallest absolute Gasteiger partial charge is 0.333 e. The number of carbonyl (C=O) groups is 1. The molecule has 2 aliphatic rings. The number of aryl methyl sites for hydroxylation is 1. The fourth-order valence-corrected chi connectivity index (χ4v) is 4.13. The van der Waals surface area contributed by atoms with Gasteiger partial charge in [0.2, 0.25) is 5.91 Å². The van der Waals surface area contributed by atoms with Crippen LogP contribution in [0.15, 0.2) is 33.9 Å². The molecular weight excluding hydrogens is 370 g/mol. The first-order chi connectivity index (χ1) is 14.1. The summed E-state index contributed by atoms with van der Waals surface area (Å²) < 4.78 is 2.40. The SMILES string of the molecule is O=C(Cn1nc2n(c(=O)c1=O)CCC2)NCc1ccccc1CN1CCCCC1. The van der Waals surface area contributed by atoms with Crippen molar-refractivity contribution in [3.05, 3.63) is 61.9 Å². The second-order valence-electron chi connectivity index (χ2n) is 7.82. The van der Waals surface area contributed by atoms with Crippen LogP contribution in [0, 0.1) is 0 Å². The summed E-state index contributed by atoms with van der Waals surface area (Å²) in [5, 5.41) is 7.08. The van der Waals surface area contributed by atoms with E-state index in [0.717, 1.165) is 36.3 Å². The van der Waals surface area contributed by atoms with E-state index < -0.39 is 11.1 Å². The molecule has 3 heterocycles. The van der Waals surface area contributed by atoms with Crippen LogP contribution >= 0.6 is 0 Å². The van der Waals surface area contributed by atoms with E-state index in [1.165, 1.54) is 29.4 Å². The molecular formula is C21H27N5O3. The van der Waals surface area contributed by atoms with Gasteiger partial charge in [0, 0.05) is 26.1 Å². The summed E-state index contributed by atoms with van der Waals surface area (Å²) in [5.74, 6) is 0.254. The minimum atomic E-state index is -0.740. The van der Waals surface area contributed by atoms with Crippen LogP contribution in [0.4, 0.5) is 0 Å². The quantitative estimate of drug-likeness (QED) is 0.723. The van der Waals surface area contributed by atoms with Crippen LogP contribution in [0.3, 0.4) is 0 Å². The van der Waals surface area contributed by atoms with Gasteiger partial charge >= 0.3 is 11.1 Å². The molecule has 4 rings (SSSR count). The number of hydrogen-bond donors (Lipinski definition) is 1. The lowest BCUT2D eigenvalue weighted by molar-refractivity contribution is -0.122. The number of benzene rings is 1. The van der Waals surface area contributed by atoms with Crippen molar-refractivity contribution in [2.75, 3.05) is 13.1 Å². The topological polar surface area (TPSA) is 89.2 Å². The molecule has 8 nitrogen and oxygen atoms in total. The first-order valence-electron chi connectivity index (χ1n) is 10.4. The molecule has 0 radical (unpaired) electrons. The van der Waals surface area contributed by atoms with E-state index in [9.17, 15) is 14.4 Å². The molecule has 1 saturated heterocycles. The summed E-state index contributed by atoms with van der Waals surface area (Å²) in [6.07, 6.45) is 5.23. The highest BCUT2D eigenvalue weighted by atomic mass is 16.2. The molecule has 1 fully saturated rings. The van der Waals surface area contributed by atoms with Crippen molar-refractivity contribution >= 4 is 5.91 Å². The molecule has 0 saturated carbocycles. The van der Waals surface area contributed by atoms with Crippen molar-refractivity contribution < 1.29 is 4.79 Å². The number of rotatable bonds is 6. The maximum atomic E-state index is 12.4. The second-order valence-corrected chi connectivity index (χ2v) is 7.82. The molecule has 29 heavy (non-hydrogen) atoms. The van der Waals surface area contributed by atoms with Gasteiger partial charge in [-0.05, 0) is 43.5 Å². The summed E-state index contributed by atoms with van der Waals surface area (Å²) >= 11 is 0. The monoisotopic (exact) mass is 397 g/mol. The van der Waals surface area contributed by atoms with Crippen molar-refractivity contribution in [1.82, 2.24) is 24.6 Å². The second kappa shape index (κ2) is 8.73. The Hall–Kier alpha value is -2.74. The van der Waals surface area contributed by atoms with E-state index in [0.29, 0.717) is 25.3 Å². The Balaban J connectivity index is 1.40. The van der Waals surface area contributed by atoms with Crippen molar-refractivity contribution in [2.45, 2.75) is 58.3 Å². The highest BCUT2D eigenvalue weighted by Crippen LogP contribution is 2.16. The van der Waals surface area contributed by atoms with Crippen LogP contribution < -0.4 is 16.4 Å². The third kappa shape index (κ3) is 4.48. The fraction of sp³-hybridized carbons (Fsp3) is 0.524. The highest BCUT2D eigenvalue weighted by molar-refractivity contribution is 5.75. The van der Waals surface area contributed by atoms with E-state index in [2.05, 4.69) is 21.4 Å². The van der Waals surface area contributed by atoms with Gasteiger partial charge in [0.25, 0.3) is 0 Å². The van der Waals surface area contributed by atoms with Gasteiger partial charge in [0.05, 0.1) is 0 Å². The third-order valence-electron chi connectivity index (χ3n) is 5.72. The summed E-state index contributed by atoms with van der Waals surface area (Å²) in [7, 11) is 0. The number of carbonyl (C=O) groups excluding carboxylic acids is 1. The van der Waals surface area contributed by atoms with Gasteiger partial charge in [0.15, 0.2) is 0 Å². The molecule has 0 atom stereocenters. The molecule has 0 bridgehead atoms. The summed E-state index contributed by atoms with van der Waals surface area (Å²) in [6.45, 7) is 3.79. The van der Waals surface area contributed by atoms with Crippen LogP contribution in [0.5, 0.6) is 0 Å². The number of nitrogens with one attached hydrogen (secondary N) is 1. The predicted octanol–water partition coefficient (Wildman–Crippen LogP) is 0.654. The predicted molar refractivity (Wildman–Crippen MR) is 108 cm³/mol. The average molecular weight is 397 g/mol. The van der Waals surface area contributed by atoms with E-state index in [-0.39, 0.29) is 12.5 Å². The van der Waals surface area contributed by atoms with Gasteiger partial charge in [-0.25, -0.2) is 4.68 Å². The molecule has 2 aromatic rings. The highest BCUT2D eigenvalue weighted by Gasteiger charge is 2.19. The number of hydrogen-bond acceptors (Lipinski definition) is 5. The van der Waals surface area contributed by atoms with E-state index in [1.807, 2.05) is 18.2 Å². The molecule has 154 valence electrons. The molecule has 2 aliphatic heterocycles. The van der Waals surface area contributed by atoms with Gasteiger partial charge in [-0.15, -0.1) is 0 Å². The maximum absolute atomic E-state index is 12.4. The Morgan fingerprint density at radius 2 is 1.72 bits per heavy atom. The van der Waals surface area contributed by atoms with Crippen LogP contribution in [0.2, 0.25) is 0 Å². The van der Waals surface area contributed by atoms with Gasteiger partial charge < -0.3 is 5.32 Å². The number of fused-ring (bicyclic) bond motifs is 1. The standard InChI is InChI=1S/C21H27N5O3/c27-19(15-26-21(29)20(28)25-12-6-9-18(25)23-26)22-13-16-7-2-3-8-17(16)14-24-10-4-1-5-11-24/h2-3,7-8H,1,4-6,9-15H2,(H,22,27). The first kappa shape index (κ1) is 19.6. The summed E-state index contributed by atoms with van der Waals surface area (Å²) in [5.41, 5.74) is 0.949. The maximum Gasteiger partial charge on any atom is 0.333 e. The number of aromatic nitrogens is 3. The molecule has 1 aromatic heterocycles. The van der Waals surface area contributed by atoms with Gasteiger partial charge in [0.1, 0.15) is 12.4 Å². The zero-order valence-corrected chi connectivity index (χ0v) is 16.6. The Bertz CT molecular complexity index is 1000. The zero-order valence-electron chi connectivity index (χ0n) is 16.6. The molecule has 8 heteroatoms. The normalized spacial score (nSPS) is 16.6. The Kier molecular flexibility index (Phi) is 5.89. The van der Waals surface area contributed by atoms with Crippen molar-refractivity contribution in [3.8, 4) is 0 Å². The molecule has 0 spiro atoms. The summed E-state index contributed by atoms with van der Waals surface area (Å²) in [6, 6.07) is 8.11. The van der Waals surface area contributed by atoms with Crippen molar-refractivity contribution in [2.24, 2.45) is 0 Å². The average Bonchev–Trinajstić information content (AvgIpc) is 3.20. The Morgan fingerprint density at radius 3 is 2.52 bits per heavy atom. The van der Waals surface area contributed by atoms with Gasteiger partial charge in [-0.3, -0.25) is 23.9 Å². The van der Waals surface area contributed by atoms with Crippen molar-refractivity contribution in [1.29, 1.82) is 0 Å². The van der Waals surface area contributed by atoms with E-state index in [1.54, 1.807) is 0 Å². The summed E-state index contributed by atoms with van der Waals surface area (Å²) in [4.78, 5) is 39.2. The van der Waals surface area contributed by atoms with Crippen molar-refractivity contribution in [3.63, 3.8) is 0 Å². The minimum absolute atomic E-state index is 0.240. The Morgan fingerprint density at radius 1 is 0.966 bits per heavy atom. The first-order valence-corrected chi connectivity index (χ1v) is 10.4.